The summed E-state index contributed by atoms with van der Waals surface area (Å²) >= 11 is 4.66. The van der Waals surface area contributed by atoms with Gasteiger partial charge in [0.25, 0.3) is 0 Å². The summed E-state index contributed by atoms with van der Waals surface area (Å²) in [6.45, 7) is 4.51. The molecule has 2 fully saturated rings. The van der Waals surface area contributed by atoms with Crippen LogP contribution in [0.1, 0.15) is 6.42 Å². The molecule has 112 valence electrons. The summed E-state index contributed by atoms with van der Waals surface area (Å²) in [5.74, 6) is -1.14. The normalized spacial score (nSPS) is 23.6. The summed E-state index contributed by atoms with van der Waals surface area (Å²) in [4.78, 5) is 27.7. The van der Waals surface area contributed by atoms with Crippen LogP contribution in [0.2, 0.25) is 0 Å². The van der Waals surface area contributed by atoms with E-state index in [2.05, 4.69) is 22.4 Å². The quantitative estimate of drug-likeness (QED) is 0.478. The van der Waals surface area contributed by atoms with E-state index in [1.54, 1.807) is 4.90 Å². The maximum Gasteiger partial charge on any atom is 0.311 e. The smallest absolute Gasteiger partial charge is 0.311 e. The van der Waals surface area contributed by atoms with Crippen LogP contribution in [0.25, 0.3) is 0 Å². The van der Waals surface area contributed by atoms with Crippen molar-refractivity contribution in [3.05, 3.63) is 0 Å². The second-order valence-electron chi connectivity index (χ2n) is 4.99. The molecule has 0 bridgehead atoms. The molecule has 0 aromatic rings. The fourth-order valence-electron chi connectivity index (χ4n) is 2.55. The summed E-state index contributed by atoms with van der Waals surface area (Å²) in [7, 11) is 0. The standard InChI is InChI=1S/C12H20N4O3S/c13-10(20)7-14-11(17)12(18)16-2-1-9(8-16)15-3-5-19-6-4-15/h9H,1-8H2,(H2,13,20)(H,14,17). The van der Waals surface area contributed by atoms with Gasteiger partial charge in [-0.3, -0.25) is 14.5 Å². The lowest BCUT2D eigenvalue weighted by Gasteiger charge is -2.31. The van der Waals surface area contributed by atoms with Crippen molar-refractivity contribution < 1.29 is 14.3 Å². The van der Waals surface area contributed by atoms with E-state index >= 15 is 0 Å². The van der Waals surface area contributed by atoms with E-state index in [-0.39, 0.29) is 11.5 Å². The highest BCUT2D eigenvalue weighted by Crippen LogP contribution is 2.16. The van der Waals surface area contributed by atoms with Crippen molar-refractivity contribution in [1.82, 2.24) is 15.1 Å². The third-order valence-electron chi connectivity index (χ3n) is 3.63. The molecule has 0 spiro atoms. The summed E-state index contributed by atoms with van der Waals surface area (Å²) in [6, 6.07) is 0.325. The number of amides is 2. The molecule has 2 rings (SSSR count). The van der Waals surface area contributed by atoms with Gasteiger partial charge in [0.2, 0.25) is 0 Å². The van der Waals surface area contributed by atoms with Crippen LogP contribution in [0.5, 0.6) is 0 Å². The van der Waals surface area contributed by atoms with Crippen molar-refractivity contribution >= 4 is 29.0 Å². The average molecular weight is 300 g/mol. The van der Waals surface area contributed by atoms with Crippen LogP contribution >= 0.6 is 12.2 Å². The Hall–Kier alpha value is -1.25. The van der Waals surface area contributed by atoms with Crippen molar-refractivity contribution in [2.45, 2.75) is 12.5 Å². The molecule has 0 saturated carbocycles. The lowest BCUT2D eigenvalue weighted by atomic mass is 10.2. The summed E-state index contributed by atoms with van der Waals surface area (Å²) in [6.07, 6.45) is 0.897. The Kier molecular flexibility index (Phi) is 5.27. The fourth-order valence-corrected chi connectivity index (χ4v) is 2.63. The van der Waals surface area contributed by atoms with Gasteiger partial charge in [0.1, 0.15) is 0 Å². The van der Waals surface area contributed by atoms with Gasteiger partial charge in [0.15, 0.2) is 0 Å². The van der Waals surface area contributed by atoms with E-state index < -0.39 is 11.8 Å². The predicted molar refractivity (Wildman–Crippen MR) is 77.2 cm³/mol. The van der Waals surface area contributed by atoms with Crippen LogP contribution in [0.15, 0.2) is 0 Å². The van der Waals surface area contributed by atoms with Gasteiger partial charge in [-0.25, -0.2) is 0 Å². The maximum absolute atomic E-state index is 12.0. The zero-order valence-corrected chi connectivity index (χ0v) is 12.2. The summed E-state index contributed by atoms with van der Waals surface area (Å²) in [5.41, 5.74) is 5.29. The lowest BCUT2D eigenvalue weighted by Crippen LogP contribution is -2.47. The van der Waals surface area contributed by atoms with Gasteiger partial charge in [-0.1, -0.05) is 12.2 Å². The first-order chi connectivity index (χ1) is 9.58. The third-order valence-corrected chi connectivity index (χ3v) is 3.77. The molecule has 20 heavy (non-hydrogen) atoms. The molecule has 2 heterocycles. The minimum absolute atomic E-state index is 0.0562. The van der Waals surface area contributed by atoms with Gasteiger partial charge in [-0.2, -0.15) is 0 Å². The Morgan fingerprint density at radius 1 is 1.30 bits per heavy atom. The van der Waals surface area contributed by atoms with Crippen LogP contribution in [0.4, 0.5) is 0 Å². The number of carbonyl (C=O) groups is 2. The number of hydrogen-bond acceptors (Lipinski definition) is 5. The molecule has 2 aliphatic rings. The minimum Gasteiger partial charge on any atom is -0.392 e. The highest BCUT2D eigenvalue weighted by atomic mass is 32.1. The first-order valence-electron chi connectivity index (χ1n) is 6.75. The van der Waals surface area contributed by atoms with Crippen LogP contribution in [-0.2, 0) is 14.3 Å². The molecular formula is C12H20N4O3S. The molecule has 0 aromatic carbocycles. The third kappa shape index (κ3) is 3.87. The van der Waals surface area contributed by atoms with Crippen LogP contribution < -0.4 is 11.1 Å². The molecular weight excluding hydrogens is 280 g/mol. The Morgan fingerprint density at radius 3 is 2.65 bits per heavy atom. The van der Waals surface area contributed by atoms with Gasteiger partial charge in [0.05, 0.1) is 24.7 Å². The monoisotopic (exact) mass is 300 g/mol. The van der Waals surface area contributed by atoms with E-state index in [9.17, 15) is 9.59 Å². The van der Waals surface area contributed by atoms with Crippen molar-refractivity contribution in [3.8, 4) is 0 Å². The van der Waals surface area contributed by atoms with Gasteiger partial charge >= 0.3 is 11.8 Å². The van der Waals surface area contributed by atoms with Gasteiger partial charge < -0.3 is 20.7 Å². The summed E-state index contributed by atoms with van der Waals surface area (Å²) in [5, 5.41) is 2.42. The van der Waals surface area contributed by atoms with E-state index in [1.807, 2.05) is 0 Å². The number of hydrogen-bond donors (Lipinski definition) is 2. The number of nitrogens with two attached hydrogens (primary N) is 1. The number of ether oxygens (including phenoxy) is 1. The topological polar surface area (TPSA) is 87.9 Å². The number of thiocarbonyl (C=S) groups is 1. The van der Waals surface area contributed by atoms with Crippen molar-refractivity contribution in [2.24, 2.45) is 5.73 Å². The molecule has 8 heteroatoms. The second-order valence-corrected chi connectivity index (χ2v) is 5.52. The predicted octanol–water partition coefficient (Wildman–Crippen LogP) is -1.68. The first kappa shape index (κ1) is 15.1. The van der Waals surface area contributed by atoms with Gasteiger partial charge in [-0.15, -0.1) is 0 Å². The van der Waals surface area contributed by atoms with Gasteiger partial charge in [-0.05, 0) is 6.42 Å². The Bertz CT molecular complexity index is 398. The second kappa shape index (κ2) is 6.96. The number of rotatable bonds is 3. The lowest BCUT2D eigenvalue weighted by molar-refractivity contribution is -0.145. The Morgan fingerprint density at radius 2 is 2.00 bits per heavy atom. The molecule has 2 amide bonds. The van der Waals surface area contributed by atoms with E-state index in [1.165, 1.54) is 0 Å². The van der Waals surface area contributed by atoms with Crippen molar-refractivity contribution in [1.29, 1.82) is 0 Å². The average Bonchev–Trinajstić information content (AvgIpc) is 2.94. The highest BCUT2D eigenvalue weighted by molar-refractivity contribution is 7.80. The number of nitrogens with one attached hydrogen (secondary N) is 1. The van der Waals surface area contributed by atoms with E-state index in [0.717, 1.165) is 32.7 Å². The number of carbonyl (C=O) groups excluding carboxylic acids is 2. The zero-order valence-electron chi connectivity index (χ0n) is 11.3. The number of nitrogens with zero attached hydrogens (tertiary/aromatic N) is 2. The maximum atomic E-state index is 12.0. The Balaban J connectivity index is 1.80. The largest absolute Gasteiger partial charge is 0.392 e. The number of morpholine rings is 1. The number of likely N-dealkylation sites (tertiary alicyclic amines) is 1. The first-order valence-corrected chi connectivity index (χ1v) is 7.16. The molecule has 2 saturated heterocycles. The van der Waals surface area contributed by atoms with Crippen molar-refractivity contribution in [2.75, 3.05) is 45.9 Å². The Labute approximate surface area is 123 Å². The molecule has 0 aliphatic carbocycles. The SMILES string of the molecule is NC(=S)CNC(=O)C(=O)N1CCC(N2CCOCC2)C1. The molecule has 0 radical (unpaired) electrons. The highest BCUT2D eigenvalue weighted by Gasteiger charge is 2.33. The zero-order chi connectivity index (χ0) is 14.5. The fraction of sp³-hybridized carbons (Fsp3) is 0.750. The molecule has 1 unspecified atom stereocenters. The summed E-state index contributed by atoms with van der Waals surface area (Å²) < 4.78 is 5.32. The van der Waals surface area contributed by atoms with E-state index in [0.29, 0.717) is 19.1 Å². The molecule has 2 aliphatic heterocycles. The molecule has 1 atom stereocenters. The van der Waals surface area contributed by atoms with Gasteiger partial charge in [0, 0.05) is 32.2 Å². The van der Waals surface area contributed by atoms with Crippen molar-refractivity contribution in [3.63, 3.8) is 0 Å². The van der Waals surface area contributed by atoms with Crippen LogP contribution in [0, 0.1) is 0 Å². The minimum atomic E-state index is -0.638. The molecule has 3 N–H and O–H groups in total. The molecule has 0 aromatic heterocycles. The van der Waals surface area contributed by atoms with Crippen LogP contribution in [0.3, 0.4) is 0 Å². The van der Waals surface area contributed by atoms with E-state index in [4.69, 9.17) is 10.5 Å². The molecule has 7 nitrogen and oxygen atoms in total. The van der Waals surface area contributed by atoms with Crippen LogP contribution in [-0.4, -0.2) is 78.6 Å².